The molecule has 0 spiro atoms. The zero-order chi connectivity index (χ0) is 19.0. The number of likely N-dealkylation sites (N-methyl/N-ethyl adjacent to an activating group) is 2. The number of nitriles is 1. The van der Waals surface area contributed by atoms with Gasteiger partial charge in [-0.25, -0.2) is 0 Å². The number of rotatable bonds is 8. The van der Waals surface area contributed by atoms with Crippen molar-refractivity contribution in [3.8, 4) is 11.8 Å². The summed E-state index contributed by atoms with van der Waals surface area (Å²) < 4.78 is 5.48. The van der Waals surface area contributed by atoms with Crippen LogP contribution in [0.15, 0.2) is 36.9 Å². The number of nitrogens with zero attached hydrogens (tertiary/aromatic N) is 3. The summed E-state index contributed by atoms with van der Waals surface area (Å²) in [6.07, 6.45) is 6.45. The molecule has 1 aliphatic rings. The van der Waals surface area contributed by atoms with Crippen LogP contribution in [0.3, 0.4) is 0 Å². The third-order valence-corrected chi connectivity index (χ3v) is 5.05. The van der Waals surface area contributed by atoms with Crippen LogP contribution in [0.4, 0.5) is 0 Å². The highest BCUT2D eigenvalue weighted by Crippen LogP contribution is 2.32. The largest absolute Gasteiger partial charge is 0.490 e. The van der Waals surface area contributed by atoms with Crippen LogP contribution in [0.2, 0.25) is 0 Å². The Labute approximate surface area is 156 Å². The van der Waals surface area contributed by atoms with Gasteiger partial charge in [0.05, 0.1) is 12.6 Å². The van der Waals surface area contributed by atoms with Crippen LogP contribution in [0, 0.1) is 11.3 Å². The Balaban J connectivity index is 1.90. The van der Waals surface area contributed by atoms with Crippen LogP contribution >= 0.6 is 0 Å². The summed E-state index contributed by atoms with van der Waals surface area (Å²) in [7, 11) is 3.70. The van der Waals surface area contributed by atoms with Crippen molar-refractivity contribution in [3.63, 3.8) is 0 Å². The molecule has 26 heavy (non-hydrogen) atoms. The van der Waals surface area contributed by atoms with Crippen LogP contribution in [0.1, 0.15) is 37.7 Å². The van der Waals surface area contributed by atoms with Gasteiger partial charge >= 0.3 is 0 Å². The summed E-state index contributed by atoms with van der Waals surface area (Å²) in [4.78, 5) is 16.3. The first-order valence-corrected chi connectivity index (χ1v) is 9.20. The Morgan fingerprint density at radius 1 is 1.27 bits per heavy atom. The van der Waals surface area contributed by atoms with Gasteiger partial charge in [-0.05, 0) is 37.6 Å². The maximum absolute atomic E-state index is 12.7. The predicted octanol–water partition coefficient (Wildman–Crippen LogP) is 3.37. The van der Waals surface area contributed by atoms with Gasteiger partial charge in [-0.15, -0.1) is 0 Å². The van der Waals surface area contributed by atoms with E-state index in [1.54, 1.807) is 18.0 Å². The van der Waals surface area contributed by atoms with E-state index >= 15 is 0 Å². The maximum Gasteiger partial charge on any atom is 0.237 e. The molecule has 0 aliphatic heterocycles. The second-order valence-corrected chi connectivity index (χ2v) is 7.07. The molecule has 1 saturated carbocycles. The van der Waals surface area contributed by atoms with E-state index in [-0.39, 0.29) is 5.91 Å². The highest BCUT2D eigenvalue weighted by atomic mass is 16.5. The van der Waals surface area contributed by atoms with Crippen LogP contribution in [-0.2, 0) is 11.3 Å². The van der Waals surface area contributed by atoms with Gasteiger partial charge in [0.2, 0.25) is 5.91 Å². The Morgan fingerprint density at radius 3 is 2.50 bits per heavy atom. The molecular formula is C21H29N3O2. The Kier molecular flexibility index (Phi) is 7.23. The summed E-state index contributed by atoms with van der Waals surface area (Å²) >= 11 is 0. The lowest BCUT2D eigenvalue weighted by atomic mass is 9.81. The molecule has 0 heterocycles. The second-order valence-electron chi connectivity index (χ2n) is 7.07. The normalized spacial score (nSPS) is 15.9. The number of amides is 1. The Morgan fingerprint density at radius 2 is 1.92 bits per heavy atom. The summed E-state index contributed by atoms with van der Waals surface area (Å²) in [6.45, 7) is 5.09. The zero-order valence-corrected chi connectivity index (χ0v) is 15.9. The first-order chi connectivity index (χ1) is 12.5. The van der Waals surface area contributed by atoms with E-state index < -0.39 is 5.54 Å². The minimum atomic E-state index is -0.625. The molecule has 5 nitrogen and oxygen atoms in total. The van der Waals surface area contributed by atoms with Gasteiger partial charge in [0.1, 0.15) is 17.9 Å². The zero-order valence-electron chi connectivity index (χ0n) is 15.9. The molecule has 1 aromatic rings. The summed E-state index contributed by atoms with van der Waals surface area (Å²) in [5.41, 5.74) is 0.488. The lowest BCUT2D eigenvalue weighted by molar-refractivity contribution is -0.135. The van der Waals surface area contributed by atoms with Crippen molar-refractivity contribution in [2.24, 2.45) is 0 Å². The number of hydrogen-bond acceptors (Lipinski definition) is 4. The fourth-order valence-corrected chi connectivity index (χ4v) is 3.45. The second kappa shape index (κ2) is 9.40. The van der Waals surface area contributed by atoms with E-state index in [1.165, 1.54) is 0 Å². The van der Waals surface area contributed by atoms with Crippen molar-refractivity contribution in [1.29, 1.82) is 5.26 Å². The first-order valence-electron chi connectivity index (χ1n) is 9.20. The van der Waals surface area contributed by atoms with Crippen molar-refractivity contribution in [2.45, 2.75) is 44.2 Å². The SMILES string of the molecule is C=CCOc1ccc(CN(C)CC(=O)N(C)C2(C#N)CCCCC2)cc1. The molecular weight excluding hydrogens is 326 g/mol. The average molecular weight is 355 g/mol. The van der Waals surface area contributed by atoms with Crippen molar-refractivity contribution in [1.82, 2.24) is 9.80 Å². The van der Waals surface area contributed by atoms with Crippen LogP contribution in [0.25, 0.3) is 0 Å². The molecule has 1 aromatic carbocycles. The minimum absolute atomic E-state index is 0.00175. The van der Waals surface area contributed by atoms with E-state index in [1.807, 2.05) is 36.2 Å². The van der Waals surface area contributed by atoms with Crippen molar-refractivity contribution < 1.29 is 9.53 Å². The van der Waals surface area contributed by atoms with Gasteiger partial charge in [-0.1, -0.05) is 44.1 Å². The molecule has 2 rings (SSSR count). The van der Waals surface area contributed by atoms with Gasteiger partial charge in [-0.3, -0.25) is 9.69 Å². The summed E-state index contributed by atoms with van der Waals surface area (Å²) in [6, 6.07) is 10.3. The standard InChI is InChI=1S/C21H29N3O2/c1-4-14-26-19-10-8-18(9-11-19)15-23(2)16-20(25)24(3)21(17-22)12-6-5-7-13-21/h4,8-11H,1,5-7,12-16H2,2-3H3. The fraction of sp³-hybridized carbons (Fsp3) is 0.524. The Bertz CT molecular complexity index is 642. The van der Waals surface area contributed by atoms with E-state index in [4.69, 9.17) is 4.74 Å². The molecule has 0 unspecified atom stereocenters. The van der Waals surface area contributed by atoms with E-state index in [2.05, 4.69) is 12.6 Å². The van der Waals surface area contributed by atoms with Crippen LogP contribution in [-0.4, -0.2) is 48.5 Å². The van der Waals surface area contributed by atoms with E-state index in [0.717, 1.165) is 43.4 Å². The molecule has 0 radical (unpaired) electrons. The molecule has 0 atom stereocenters. The molecule has 0 aromatic heterocycles. The van der Waals surface area contributed by atoms with Gasteiger partial charge in [-0.2, -0.15) is 5.26 Å². The van der Waals surface area contributed by atoms with Gasteiger partial charge in [0.25, 0.3) is 0 Å². The predicted molar refractivity (Wildman–Crippen MR) is 103 cm³/mol. The third kappa shape index (κ3) is 5.09. The van der Waals surface area contributed by atoms with Gasteiger partial charge < -0.3 is 9.64 Å². The monoisotopic (exact) mass is 355 g/mol. The molecule has 0 bridgehead atoms. The quantitative estimate of drug-likeness (QED) is 0.671. The smallest absolute Gasteiger partial charge is 0.237 e. The highest BCUT2D eigenvalue weighted by molar-refractivity contribution is 5.79. The number of carbonyl (C=O) groups excluding carboxylic acids is 1. The lowest BCUT2D eigenvalue weighted by Crippen LogP contribution is -2.52. The first kappa shape index (κ1) is 20.0. The molecule has 1 fully saturated rings. The summed E-state index contributed by atoms with van der Waals surface area (Å²) in [5.74, 6) is 0.808. The van der Waals surface area contributed by atoms with Gasteiger partial charge in [0.15, 0.2) is 0 Å². The number of carbonyl (C=O) groups is 1. The van der Waals surface area contributed by atoms with Crippen molar-refractivity contribution in [2.75, 3.05) is 27.2 Å². The molecule has 0 saturated heterocycles. The summed E-state index contributed by atoms with van der Waals surface area (Å²) in [5, 5.41) is 9.64. The molecule has 1 aliphatic carbocycles. The number of hydrogen-bond donors (Lipinski definition) is 0. The van der Waals surface area contributed by atoms with E-state index in [9.17, 15) is 10.1 Å². The average Bonchev–Trinajstić information content (AvgIpc) is 2.67. The molecule has 0 N–H and O–H groups in total. The van der Waals surface area contributed by atoms with Crippen LogP contribution < -0.4 is 4.74 Å². The number of ether oxygens (including phenoxy) is 1. The van der Waals surface area contributed by atoms with Gasteiger partial charge in [0, 0.05) is 13.6 Å². The molecule has 1 amide bonds. The minimum Gasteiger partial charge on any atom is -0.490 e. The fourth-order valence-electron chi connectivity index (χ4n) is 3.45. The third-order valence-electron chi connectivity index (χ3n) is 5.05. The number of benzene rings is 1. The van der Waals surface area contributed by atoms with Crippen LogP contribution in [0.5, 0.6) is 5.75 Å². The molecule has 5 heteroatoms. The maximum atomic E-state index is 12.7. The Hall–Kier alpha value is -2.32. The van der Waals surface area contributed by atoms with Crippen molar-refractivity contribution >= 4 is 5.91 Å². The molecule has 140 valence electrons. The van der Waals surface area contributed by atoms with E-state index in [0.29, 0.717) is 19.7 Å². The lowest BCUT2D eigenvalue weighted by Gasteiger charge is -2.39. The highest BCUT2D eigenvalue weighted by Gasteiger charge is 2.38. The topological polar surface area (TPSA) is 56.6 Å². The van der Waals surface area contributed by atoms with Crippen molar-refractivity contribution in [3.05, 3.63) is 42.5 Å².